The molecule has 1 heterocycles. The largest absolute Gasteiger partial charge is 0.556 e. The first-order chi connectivity index (χ1) is 7.61. The fourth-order valence-corrected chi connectivity index (χ4v) is 0.706. The van der Waals surface area contributed by atoms with Gasteiger partial charge in [0.05, 0.1) is 12.7 Å². The van der Waals surface area contributed by atoms with Crippen molar-refractivity contribution in [3.8, 4) is 0 Å². The number of aromatic nitrogens is 2. The van der Waals surface area contributed by atoms with E-state index in [1.54, 1.807) is 6.20 Å². The Kier molecular flexibility index (Phi) is 5.36. The summed E-state index contributed by atoms with van der Waals surface area (Å²) in [6.07, 6.45) is 7.75. The van der Waals surface area contributed by atoms with Gasteiger partial charge in [0, 0.05) is 0 Å². The Morgan fingerprint density at radius 2 is 2.00 bits per heavy atom. The van der Waals surface area contributed by atoms with E-state index in [4.69, 9.17) is 5.14 Å². The van der Waals surface area contributed by atoms with E-state index in [2.05, 4.69) is 18.1 Å². The SMILES string of the molecule is C=Cn1cc[n+](CC)c1.[NH-]S(=O)(=O)C(F)(F)F. The number of aryl methyl sites for hydroxylation is 1. The monoisotopic (exact) mass is 271 g/mol. The maximum Gasteiger partial charge on any atom is 0.479 e. The Labute approximate surface area is 97.0 Å². The van der Waals surface area contributed by atoms with Crippen LogP contribution in [0.15, 0.2) is 25.3 Å². The van der Waals surface area contributed by atoms with Crippen molar-refractivity contribution in [2.24, 2.45) is 0 Å². The summed E-state index contributed by atoms with van der Waals surface area (Å²) >= 11 is 0. The summed E-state index contributed by atoms with van der Waals surface area (Å²) < 4.78 is 54.8. The van der Waals surface area contributed by atoms with Crippen molar-refractivity contribution in [3.63, 3.8) is 0 Å². The molecule has 1 rings (SSSR count). The smallest absolute Gasteiger partial charge is 0.479 e. The molecule has 1 aromatic rings. The van der Waals surface area contributed by atoms with Crippen LogP contribution in [0.2, 0.25) is 0 Å². The third-order valence-electron chi connectivity index (χ3n) is 1.59. The van der Waals surface area contributed by atoms with Gasteiger partial charge in [-0.1, -0.05) is 6.58 Å². The van der Waals surface area contributed by atoms with Crippen molar-refractivity contribution in [2.75, 3.05) is 0 Å². The molecule has 9 heteroatoms. The molecule has 1 aromatic heterocycles. The van der Waals surface area contributed by atoms with Gasteiger partial charge >= 0.3 is 5.51 Å². The summed E-state index contributed by atoms with van der Waals surface area (Å²) in [5, 5.41) is 5.43. The molecule has 0 saturated carbocycles. The minimum atomic E-state index is -5.59. The average Bonchev–Trinajstić information content (AvgIpc) is 2.63. The third kappa shape index (κ3) is 5.50. The van der Waals surface area contributed by atoms with E-state index in [1.165, 1.54) is 0 Å². The summed E-state index contributed by atoms with van der Waals surface area (Å²) in [5.74, 6) is 0. The minimum absolute atomic E-state index is 1.01. The molecular formula is C8H12F3N3O2S. The molecule has 0 aliphatic carbocycles. The van der Waals surface area contributed by atoms with E-state index in [0.29, 0.717) is 0 Å². The molecule has 0 spiro atoms. The van der Waals surface area contributed by atoms with E-state index in [-0.39, 0.29) is 0 Å². The maximum atomic E-state index is 10.8. The molecule has 98 valence electrons. The lowest BCUT2D eigenvalue weighted by atomic mass is 10.7. The van der Waals surface area contributed by atoms with E-state index in [0.717, 1.165) is 6.54 Å². The average molecular weight is 271 g/mol. The second-order valence-corrected chi connectivity index (χ2v) is 4.29. The lowest BCUT2D eigenvalue weighted by Gasteiger charge is -2.07. The van der Waals surface area contributed by atoms with Gasteiger partial charge in [-0.15, -0.1) is 0 Å². The van der Waals surface area contributed by atoms with E-state index in [1.807, 2.05) is 23.3 Å². The van der Waals surface area contributed by atoms with Crippen LogP contribution < -0.4 is 4.57 Å². The lowest BCUT2D eigenvalue weighted by Crippen LogP contribution is -2.28. The number of hydrogen-bond acceptors (Lipinski definition) is 2. The number of halogens is 3. The van der Waals surface area contributed by atoms with E-state index >= 15 is 0 Å². The Morgan fingerprint density at radius 3 is 2.18 bits per heavy atom. The highest BCUT2D eigenvalue weighted by atomic mass is 32.2. The molecule has 0 unspecified atom stereocenters. The summed E-state index contributed by atoms with van der Waals surface area (Å²) in [7, 11) is -5.59. The number of nitrogens with zero attached hydrogens (tertiary/aromatic N) is 2. The molecule has 17 heavy (non-hydrogen) atoms. The molecule has 5 nitrogen and oxygen atoms in total. The van der Waals surface area contributed by atoms with Gasteiger partial charge in [-0.2, -0.15) is 13.2 Å². The number of imidazole rings is 1. The van der Waals surface area contributed by atoms with Gasteiger partial charge in [-0.3, -0.25) is 0 Å². The standard InChI is InChI=1S/C7H11N2.CHF3NO2S/c1-3-8-5-6-9(4-2)7-8;2-1(3,4)8(5,6)7/h3,5-7H,1,4H2,2H3;(H-,5,6,7)/q+1;-1. The molecule has 0 radical (unpaired) electrons. The molecule has 1 N–H and O–H groups in total. The minimum Gasteiger partial charge on any atom is -0.556 e. The highest BCUT2D eigenvalue weighted by Gasteiger charge is 2.36. The van der Waals surface area contributed by atoms with Crippen LogP contribution in [-0.4, -0.2) is 18.5 Å². The molecule has 0 aliphatic rings. The van der Waals surface area contributed by atoms with Crippen LogP contribution >= 0.6 is 0 Å². The van der Waals surface area contributed by atoms with Gasteiger partial charge in [0.2, 0.25) is 6.33 Å². The van der Waals surface area contributed by atoms with Gasteiger partial charge < -0.3 is 5.14 Å². The normalized spacial score (nSPS) is 11.6. The number of sulfonamides is 1. The molecule has 0 aromatic carbocycles. The Hall–Kier alpha value is -1.35. The lowest BCUT2D eigenvalue weighted by molar-refractivity contribution is -0.692. The van der Waals surface area contributed by atoms with Crippen LogP contribution in [0.5, 0.6) is 0 Å². The first-order valence-corrected chi connectivity index (χ1v) is 5.85. The number of alkyl halides is 3. The number of hydrogen-bond donors (Lipinski definition) is 0. The zero-order valence-corrected chi connectivity index (χ0v) is 9.79. The summed E-state index contributed by atoms with van der Waals surface area (Å²) in [6.45, 7) is 6.75. The summed E-state index contributed by atoms with van der Waals surface area (Å²) in [5.41, 5.74) is -5.42. The van der Waals surface area contributed by atoms with Crippen molar-refractivity contribution in [1.82, 2.24) is 4.57 Å². The quantitative estimate of drug-likeness (QED) is 0.769. The predicted molar refractivity (Wildman–Crippen MR) is 56.0 cm³/mol. The Balaban J connectivity index is 0.000000304. The molecule has 0 aliphatic heterocycles. The Bertz CT molecular complexity index is 465. The highest BCUT2D eigenvalue weighted by Crippen LogP contribution is 2.22. The zero-order valence-electron chi connectivity index (χ0n) is 8.98. The molecule has 0 amide bonds. The van der Waals surface area contributed by atoms with Gasteiger partial charge in [-0.05, 0) is 6.92 Å². The molecule has 0 fully saturated rings. The molecular weight excluding hydrogens is 259 g/mol. The van der Waals surface area contributed by atoms with Crippen molar-refractivity contribution in [3.05, 3.63) is 30.4 Å². The first-order valence-electron chi connectivity index (χ1n) is 4.36. The van der Waals surface area contributed by atoms with Crippen LogP contribution in [0.3, 0.4) is 0 Å². The Morgan fingerprint density at radius 1 is 1.53 bits per heavy atom. The highest BCUT2D eigenvalue weighted by molar-refractivity contribution is 7.93. The van der Waals surface area contributed by atoms with Crippen LogP contribution in [-0.2, 0) is 16.6 Å². The van der Waals surface area contributed by atoms with Crippen LogP contribution in [0.4, 0.5) is 13.2 Å². The van der Waals surface area contributed by atoms with Gasteiger partial charge in [0.25, 0.3) is 0 Å². The van der Waals surface area contributed by atoms with Gasteiger partial charge in [-0.25, -0.2) is 17.6 Å². The van der Waals surface area contributed by atoms with Crippen molar-refractivity contribution in [2.45, 2.75) is 19.0 Å². The molecule has 0 bridgehead atoms. The summed E-state index contributed by atoms with van der Waals surface area (Å²) in [6, 6.07) is 0. The fourth-order valence-electron chi connectivity index (χ4n) is 0.706. The van der Waals surface area contributed by atoms with Crippen molar-refractivity contribution in [1.29, 1.82) is 0 Å². The summed E-state index contributed by atoms with van der Waals surface area (Å²) in [4.78, 5) is 0. The van der Waals surface area contributed by atoms with Gasteiger partial charge in [0.1, 0.15) is 12.4 Å². The van der Waals surface area contributed by atoms with Crippen LogP contribution in [0.1, 0.15) is 6.92 Å². The molecule has 0 atom stereocenters. The van der Waals surface area contributed by atoms with E-state index < -0.39 is 15.5 Å². The van der Waals surface area contributed by atoms with Crippen molar-refractivity contribution >= 4 is 16.2 Å². The molecule has 0 saturated heterocycles. The number of rotatable bonds is 2. The second-order valence-electron chi connectivity index (χ2n) is 2.82. The fraction of sp³-hybridized carbons (Fsp3) is 0.375. The third-order valence-corrected chi connectivity index (χ3v) is 2.20. The topological polar surface area (TPSA) is 66.8 Å². The predicted octanol–water partition coefficient (Wildman–Crippen LogP) is 1.78. The van der Waals surface area contributed by atoms with Gasteiger partial charge in [0.15, 0.2) is 10.0 Å². The zero-order chi connectivity index (χ0) is 13.7. The second kappa shape index (κ2) is 5.82. The first kappa shape index (κ1) is 15.6. The maximum absolute atomic E-state index is 10.8. The number of nitrogens with one attached hydrogen (secondary N) is 1. The van der Waals surface area contributed by atoms with Crippen molar-refractivity contribution < 1.29 is 26.2 Å². The van der Waals surface area contributed by atoms with Crippen LogP contribution in [0, 0.1) is 0 Å². The van der Waals surface area contributed by atoms with Crippen LogP contribution in [0.25, 0.3) is 11.3 Å². The van der Waals surface area contributed by atoms with E-state index in [9.17, 15) is 21.6 Å².